The molecule has 3 aromatic rings. The van der Waals surface area contributed by atoms with Crippen molar-refractivity contribution in [3.8, 4) is 22.7 Å². The standard InChI is InChI=1S/C20H19ClFN3O/c1-26-18-9-8-14(21)12-17(18)25-20-16(7-2-3-10-23-20)19(24-25)13-5-4-6-15(22)11-13/h4-6,8-9,11-12,23H,2-3,7,10H2,1H3. The fraction of sp³-hybridized carbons (Fsp3) is 0.250. The largest absolute Gasteiger partial charge is 0.494 e. The Bertz CT molecular complexity index is 954. The Labute approximate surface area is 156 Å². The van der Waals surface area contributed by atoms with Crippen LogP contribution >= 0.6 is 11.6 Å². The van der Waals surface area contributed by atoms with Gasteiger partial charge in [-0.05, 0) is 49.6 Å². The van der Waals surface area contributed by atoms with Crippen molar-refractivity contribution < 1.29 is 9.13 Å². The highest BCUT2D eigenvalue weighted by Gasteiger charge is 2.23. The molecular formula is C20H19ClFN3O. The van der Waals surface area contributed by atoms with Gasteiger partial charge in [-0.15, -0.1) is 0 Å². The second-order valence-electron chi connectivity index (χ2n) is 6.30. The molecule has 26 heavy (non-hydrogen) atoms. The molecule has 2 heterocycles. The van der Waals surface area contributed by atoms with Gasteiger partial charge in [0.15, 0.2) is 0 Å². The minimum Gasteiger partial charge on any atom is -0.494 e. The predicted molar refractivity (Wildman–Crippen MR) is 102 cm³/mol. The van der Waals surface area contributed by atoms with Crippen LogP contribution in [0.25, 0.3) is 16.9 Å². The van der Waals surface area contributed by atoms with Gasteiger partial charge in [0, 0.05) is 22.7 Å². The topological polar surface area (TPSA) is 39.1 Å². The summed E-state index contributed by atoms with van der Waals surface area (Å²) < 4.78 is 21.1. The van der Waals surface area contributed by atoms with Crippen LogP contribution in [0.5, 0.6) is 5.75 Å². The third-order valence-corrected chi connectivity index (χ3v) is 4.83. The first-order chi connectivity index (χ1) is 12.7. The van der Waals surface area contributed by atoms with Crippen molar-refractivity contribution in [2.45, 2.75) is 19.3 Å². The monoisotopic (exact) mass is 371 g/mol. The van der Waals surface area contributed by atoms with E-state index in [0.29, 0.717) is 10.8 Å². The van der Waals surface area contributed by atoms with Crippen molar-refractivity contribution in [2.24, 2.45) is 0 Å². The van der Waals surface area contributed by atoms with Crippen LogP contribution < -0.4 is 10.1 Å². The Morgan fingerprint density at radius 1 is 1.19 bits per heavy atom. The van der Waals surface area contributed by atoms with E-state index in [0.717, 1.165) is 54.1 Å². The summed E-state index contributed by atoms with van der Waals surface area (Å²) in [5, 5.41) is 8.89. The lowest BCUT2D eigenvalue weighted by Crippen LogP contribution is -2.08. The number of hydrogen-bond donors (Lipinski definition) is 1. The van der Waals surface area contributed by atoms with Crippen LogP contribution in [0.15, 0.2) is 42.5 Å². The molecule has 6 heteroatoms. The summed E-state index contributed by atoms with van der Waals surface area (Å²) in [6.07, 6.45) is 3.02. The molecule has 0 fully saturated rings. The van der Waals surface area contributed by atoms with Gasteiger partial charge in [-0.3, -0.25) is 0 Å². The molecule has 1 N–H and O–H groups in total. The van der Waals surface area contributed by atoms with Crippen LogP contribution in [-0.4, -0.2) is 23.4 Å². The van der Waals surface area contributed by atoms with E-state index >= 15 is 0 Å². The number of ether oxygens (including phenoxy) is 1. The van der Waals surface area contributed by atoms with Crippen molar-refractivity contribution in [2.75, 3.05) is 19.0 Å². The number of halogens is 2. The summed E-state index contributed by atoms with van der Waals surface area (Å²) in [5.41, 5.74) is 3.41. The van der Waals surface area contributed by atoms with Crippen molar-refractivity contribution in [3.05, 3.63) is 58.9 Å². The van der Waals surface area contributed by atoms with Crippen LogP contribution in [0.4, 0.5) is 10.2 Å². The number of nitrogens with one attached hydrogen (secondary N) is 1. The number of nitrogens with zero attached hydrogens (tertiary/aromatic N) is 2. The van der Waals surface area contributed by atoms with Gasteiger partial charge < -0.3 is 10.1 Å². The maximum atomic E-state index is 13.8. The highest BCUT2D eigenvalue weighted by molar-refractivity contribution is 6.30. The molecule has 0 radical (unpaired) electrons. The molecule has 0 saturated heterocycles. The third kappa shape index (κ3) is 3.03. The summed E-state index contributed by atoms with van der Waals surface area (Å²) in [7, 11) is 1.62. The normalized spacial score (nSPS) is 13.7. The van der Waals surface area contributed by atoms with E-state index in [1.165, 1.54) is 12.1 Å². The molecule has 0 saturated carbocycles. The maximum Gasteiger partial charge on any atom is 0.144 e. The zero-order valence-electron chi connectivity index (χ0n) is 14.4. The van der Waals surface area contributed by atoms with Crippen molar-refractivity contribution in [1.82, 2.24) is 9.78 Å². The minimum atomic E-state index is -0.271. The van der Waals surface area contributed by atoms with Crippen LogP contribution in [0.3, 0.4) is 0 Å². The Morgan fingerprint density at radius 2 is 2.08 bits per heavy atom. The van der Waals surface area contributed by atoms with Crippen molar-refractivity contribution >= 4 is 17.4 Å². The van der Waals surface area contributed by atoms with Crippen LogP contribution in [0.2, 0.25) is 5.02 Å². The molecule has 4 rings (SSSR count). The molecule has 1 aromatic heterocycles. The molecular weight excluding hydrogens is 353 g/mol. The zero-order chi connectivity index (χ0) is 18.1. The van der Waals surface area contributed by atoms with E-state index in [9.17, 15) is 4.39 Å². The molecule has 0 aliphatic carbocycles. The summed E-state index contributed by atoms with van der Waals surface area (Å²) >= 11 is 6.22. The summed E-state index contributed by atoms with van der Waals surface area (Å²) in [6.45, 7) is 0.865. The van der Waals surface area contributed by atoms with E-state index in [2.05, 4.69) is 5.32 Å². The van der Waals surface area contributed by atoms with Gasteiger partial charge in [-0.25, -0.2) is 9.07 Å². The molecule has 0 atom stereocenters. The van der Waals surface area contributed by atoms with Gasteiger partial charge in [-0.1, -0.05) is 23.7 Å². The first kappa shape index (κ1) is 16.9. The molecule has 0 spiro atoms. The molecule has 0 unspecified atom stereocenters. The lowest BCUT2D eigenvalue weighted by atomic mass is 10.0. The number of aromatic nitrogens is 2. The molecule has 4 nitrogen and oxygen atoms in total. The van der Waals surface area contributed by atoms with Gasteiger partial charge >= 0.3 is 0 Å². The summed E-state index contributed by atoms with van der Waals surface area (Å²) in [6, 6.07) is 12.0. The van der Waals surface area contributed by atoms with Crippen LogP contribution in [-0.2, 0) is 6.42 Å². The molecule has 2 aromatic carbocycles. The van der Waals surface area contributed by atoms with E-state index in [1.54, 1.807) is 19.2 Å². The van der Waals surface area contributed by atoms with Crippen molar-refractivity contribution in [3.63, 3.8) is 0 Å². The van der Waals surface area contributed by atoms with Gasteiger partial charge in [0.25, 0.3) is 0 Å². The zero-order valence-corrected chi connectivity index (χ0v) is 15.2. The van der Waals surface area contributed by atoms with Gasteiger partial charge in [0.1, 0.15) is 23.1 Å². The second-order valence-corrected chi connectivity index (χ2v) is 6.73. The smallest absolute Gasteiger partial charge is 0.144 e. The Morgan fingerprint density at radius 3 is 2.88 bits per heavy atom. The summed E-state index contributed by atoms with van der Waals surface area (Å²) in [5.74, 6) is 1.33. The molecule has 1 aliphatic rings. The number of hydrogen-bond acceptors (Lipinski definition) is 3. The van der Waals surface area contributed by atoms with Crippen LogP contribution in [0, 0.1) is 5.82 Å². The number of methoxy groups -OCH3 is 1. The molecule has 134 valence electrons. The van der Waals surface area contributed by atoms with Gasteiger partial charge in [0.2, 0.25) is 0 Å². The first-order valence-corrected chi connectivity index (χ1v) is 9.01. The highest BCUT2D eigenvalue weighted by Crippen LogP contribution is 2.37. The number of fused-ring (bicyclic) bond motifs is 1. The second kappa shape index (κ2) is 7.00. The average Bonchev–Trinajstić information content (AvgIpc) is 2.82. The fourth-order valence-corrected chi connectivity index (χ4v) is 3.54. The number of anilines is 1. The van der Waals surface area contributed by atoms with E-state index < -0.39 is 0 Å². The minimum absolute atomic E-state index is 0.271. The Balaban J connectivity index is 1.95. The summed E-state index contributed by atoms with van der Waals surface area (Å²) in [4.78, 5) is 0. The number of benzene rings is 2. The van der Waals surface area contributed by atoms with Gasteiger partial charge in [-0.2, -0.15) is 5.10 Å². The van der Waals surface area contributed by atoms with E-state index in [-0.39, 0.29) is 5.82 Å². The van der Waals surface area contributed by atoms with Gasteiger partial charge in [0.05, 0.1) is 12.8 Å². The van der Waals surface area contributed by atoms with E-state index in [1.807, 2.05) is 22.9 Å². The van der Waals surface area contributed by atoms with Crippen molar-refractivity contribution in [1.29, 1.82) is 0 Å². The SMILES string of the molecule is COc1ccc(Cl)cc1-n1nc(-c2cccc(F)c2)c2c1NCCCC2. The maximum absolute atomic E-state index is 13.8. The Kier molecular flexibility index (Phi) is 4.55. The van der Waals surface area contributed by atoms with Crippen LogP contribution in [0.1, 0.15) is 18.4 Å². The lowest BCUT2D eigenvalue weighted by molar-refractivity contribution is 0.412. The fourth-order valence-electron chi connectivity index (χ4n) is 3.37. The first-order valence-electron chi connectivity index (χ1n) is 8.63. The lowest BCUT2D eigenvalue weighted by Gasteiger charge is -2.13. The molecule has 0 amide bonds. The average molecular weight is 372 g/mol. The molecule has 0 bridgehead atoms. The number of rotatable bonds is 3. The quantitative estimate of drug-likeness (QED) is 0.697. The predicted octanol–water partition coefficient (Wildman–Crippen LogP) is 5.09. The highest BCUT2D eigenvalue weighted by atomic mass is 35.5. The molecule has 1 aliphatic heterocycles. The third-order valence-electron chi connectivity index (χ3n) is 4.60. The van der Waals surface area contributed by atoms with E-state index in [4.69, 9.17) is 21.4 Å². The Hall–Kier alpha value is -2.53.